The molecule has 0 saturated heterocycles. The Bertz CT molecular complexity index is 858. The molecular weight excluding hydrogens is 388 g/mol. The van der Waals surface area contributed by atoms with Gasteiger partial charge in [0.05, 0.1) is 11.0 Å². The van der Waals surface area contributed by atoms with Crippen molar-refractivity contribution in [1.82, 2.24) is 4.98 Å². The zero-order chi connectivity index (χ0) is 21.7. The number of pyridine rings is 1. The summed E-state index contributed by atoms with van der Waals surface area (Å²) in [5.41, 5.74) is 0.218. The SMILES string of the molecule is CC(C)(C)OC(=O)C(C)(C)CCc1cccc(SNc2ccc(C(=O)O)cn2)c1. The van der Waals surface area contributed by atoms with Gasteiger partial charge < -0.3 is 14.6 Å². The molecule has 1 heterocycles. The molecule has 0 radical (unpaired) electrons. The highest BCUT2D eigenvalue weighted by Crippen LogP contribution is 2.28. The molecule has 1 aromatic carbocycles. The highest BCUT2D eigenvalue weighted by Gasteiger charge is 2.32. The fraction of sp³-hybridized carbons (Fsp3) is 0.409. The highest BCUT2D eigenvalue weighted by atomic mass is 32.2. The lowest BCUT2D eigenvalue weighted by Crippen LogP contribution is -2.34. The molecule has 1 aromatic heterocycles. The molecule has 2 N–H and O–H groups in total. The van der Waals surface area contributed by atoms with Gasteiger partial charge in [0, 0.05) is 11.1 Å². The number of nitrogens with one attached hydrogen (secondary N) is 1. The van der Waals surface area contributed by atoms with Gasteiger partial charge in [0.25, 0.3) is 0 Å². The average molecular weight is 417 g/mol. The first-order chi connectivity index (χ1) is 13.5. The Morgan fingerprint density at radius 2 is 1.86 bits per heavy atom. The Balaban J connectivity index is 1.93. The number of ether oxygens (including phenoxy) is 1. The minimum absolute atomic E-state index is 0.148. The lowest BCUT2D eigenvalue weighted by molar-refractivity contribution is -0.166. The van der Waals surface area contributed by atoms with Gasteiger partial charge in [-0.05, 0) is 89.2 Å². The van der Waals surface area contributed by atoms with Gasteiger partial charge in [0.1, 0.15) is 11.4 Å². The molecular formula is C22H28N2O4S. The third-order valence-electron chi connectivity index (χ3n) is 4.17. The molecule has 2 rings (SSSR count). The van der Waals surface area contributed by atoms with Gasteiger partial charge in [-0.25, -0.2) is 9.78 Å². The highest BCUT2D eigenvalue weighted by molar-refractivity contribution is 8.00. The summed E-state index contributed by atoms with van der Waals surface area (Å²) < 4.78 is 8.64. The number of aromatic carboxylic acids is 1. The van der Waals surface area contributed by atoms with Crippen LogP contribution in [0.15, 0.2) is 47.5 Å². The van der Waals surface area contributed by atoms with Crippen molar-refractivity contribution in [2.45, 2.75) is 58.0 Å². The second kappa shape index (κ2) is 9.31. The van der Waals surface area contributed by atoms with E-state index in [0.29, 0.717) is 12.2 Å². The number of carboxylic acid groups (broad SMARTS) is 1. The number of carbonyl (C=O) groups excluding carboxylic acids is 1. The summed E-state index contributed by atoms with van der Waals surface area (Å²) in [6, 6.07) is 11.2. The van der Waals surface area contributed by atoms with Gasteiger partial charge in [-0.2, -0.15) is 0 Å². The molecule has 7 heteroatoms. The van der Waals surface area contributed by atoms with Crippen LogP contribution in [0, 0.1) is 5.41 Å². The number of carboxylic acids is 1. The number of nitrogens with zero attached hydrogens (tertiary/aromatic N) is 1. The zero-order valence-corrected chi connectivity index (χ0v) is 18.3. The average Bonchev–Trinajstić information content (AvgIpc) is 2.64. The fourth-order valence-corrected chi connectivity index (χ4v) is 3.13. The molecule has 0 aliphatic carbocycles. The number of carbonyl (C=O) groups is 2. The number of rotatable bonds is 8. The van der Waals surface area contributed by atoms with Crippen LogP contribution in [0.2, 0.25) is 0 Å². The number of aryl methyl sites for hydroxylation is 1. The first-order valence-electron chi connectivity index (χ1n) is 9.41. The van der Waals surface area contributed by atoms with Crippen LogP contribution in [0.3, 0.4) is 0 Å². The second-order valence-corrected chi connectivity index (χ2v) is 9.35. The van der Waals surface area contributed by atoms with Crippen LogP contribution in [0.1, 0.15) is 57.0 Å². The third-order valence-corrected chi connectivity index (χ3v) is 4.97. The predicted octanol–water partition coefficient (Wildman–Crippen LogP) is 5.20. The van der Waals surface area contributed by atoms with E-state index in [1.54, 1.807) is 6.07 Å². The standard InChI is InChI=1S/C22H28N2O4S/c1-21(2,3)28-20(27)22(4,5)12-11-15-7-6-8-17(13-15)29-24-18-10-9-16(14-23-18)19(25)26/h6-10,13-14H,11-12H2,1-5H3,(H,23,24)(H,25,26). The van der Waals surface area contributed by atoms with Gasteiger partial charge in [0.15, 0.2) is 0 Å². The lowest BCUT2D eigenvalue weighted by Gasteiger charge is -2.28. The normalized spacial score (nSPS) is 11.8. The molecule has 0 aliphatic rings. The van der Waals surface area contributed by atoms with Crippen molar-refractivity contribution in [3.8, 4) is 0 Å². The molecule has 0 bridgehead atoms. The molecule has 156 valence electrons. The summed E-state index contributed by atoms with van der Waals surface area (Å²) in [6.45, 7) is 9.44. The topological polar surface area (TPSA) is 88.5 Å². The van der Waals surface area contributed by atoms with E-state index in [1.807, 2.05) is 52.8 Å². The van der Waals surface area contributed by atoms with E-state index in [-0.39, 0.29) is 11.5 Å². The molecule has 0 atom stereocenters. The third kappa shape index (κ3) is 7.42. The summed E-state index contributed by atoms with van der Waals surface area (Å²) in [4.78, 5) is 28.4. The summed E-state index contributed by atoms with van der Waals surface area (Å²) >= 11 is 1.40. The molecule has 0 saturated carbocycles. The Morgan fingerprint density at radius 1 is 1.14 bits per heavy atom. The van der Waals surface area contributed by atoms with Crippen molar-refractivity contribution in [2.75, 3.05) is 4.72 Å². The van der Waals surface area contributed by atoms with Crippen LogP contribution in [-0.4, -0.2) is 27.6 Å². The van der Waals surface area contributed by atoms with Crippen molar-refractivity contribution in [1.29, 1.82) is 0 Å². The van der Waals surface area contributed by atoms with Crippen molar-refractivity contribution in [2.24, 2.45) is 5.41 Å². The van der Waals surface area contributed by atoms with Gasteiger partial charge in [-0.1, -0.05) is 12.1 Å². The first kappa shape index (κ1) is 22.7. The Labute approximate surface area is 176 Å². The molecule has 0 spiro atoms. The summed E-state index contributed by atoms with van der Waals surface area (Å²) in [7, 11) is 0. The van der Waals surface area contributed by atoms with E-state index in [9.17, 15) is 9.59 Å². The van der Waals surface area contributed by atoms with E-state index in [1.165, 1.54) is 24.2 Å². The Kier molecular flexibility index (Phi) is 7.30. The number of hydrogen-bond acceptors (Lipinski definition) is 6. The minimum atomic E-state index is -1.00. The van der Waals surface area contributed by atoms with Crippen LogP contribution in [0.5, 0.6) is 0 Å². The molecule has 0 fully saturated rings. The minimum Gasteiger partial charge on any atom is -0.478 e. The summed E-state index contributed by atoms with van der Waals surface area (Å²) in [5.74, 6) is -0.608. The maximum Gasteiger partial charge on any atom is 0.337 e. The quantitative estimate of drug-likeness (QED) is 0.452. The van der Waals surface area contributed by atoms with Crippen LogP contribution in [-0.2, 0) is 16.0 Å². The largest absolute Gasteiger partial charge is 0.478 e. The van der Waals surface area contributed by atoms with Crippen molar-refractivity contribution in [3.63, 3.8) is 0 Å². The number of esters is 1. The van der Waals surface area contributed by atoms with Crippen LogP contribution >= 0.6 is 11.9 Å². The Morgan fingerprint density at radius 3 is 2.45 bits per heavy atom. The molecule has 0 aliphatic heterocycles. The van der Waals surface area contributed by atoms with E-state index in [4.69, 9.17) is 9.84 Å². The molecule has 2 aromatic rings. The predicted molar refractivity (Wildman–Crippen MR) is 115 cm³/mol. The monoisotopic (exact) mass is 416 g/mol. The smallest absolute Gasteiger partial charge is 0.337 e. The van der Waals surface area contributed by atoms with Crippen molar-refractivity contribution >= 4 is 29.7 Å². The molecule has 0 amide bonds. The summed E-state index contributed by atoms with van der Waals surface area (Å²) in [6.07, 6.45) is 2.76. The zero-order valence-electron chi connectivity index (χ0n) is 17.5. The van der Waals surface area contributed by atoms with Gasteiger partial charge in [0.2, 0.25) is 0 Å². The lowest BCUT2D eigenvalue weighted by atomic mass is 9.86. The van der Waals surface area contributed by atoms with Gasteiger partial charge >= 0.3 is 11.9 Å². The van der Waals surface area contributed by atoms with Crippen molar-refractivity contribution < 1.29 is 19.4 Å². The van der Waals surface area contributed by atoms with Crippen molar-refractivity contribution in [3.05, 3.63) is 53.7 Å². The van der Waals surface area contributed by atoms with E-state index >= 15 is 0 Å². The van der Waals surface area contributed by atoms with Crippen LogP contribution in [0.25, 0.3) is 0 Å². The van der Waals surface area contributed by atoms with E-state index < -0.39 is 17.0 Å². The molecule has 0 unspecified atom stereocenters. The first-order valence-corrected chi connectivity index (χ1v) is 10.2. The van der Waals surface area contributed by atoms with E-state index in [2.05, 4.69) is 15.8 Å². The maximum absolute atomic E-state index is 12.4. The van der Waals surface area contributed by atoms with Gasteiger partial charge in [-0.3, -0.25) is 4.79 Å². The fourth-order valence-electron chi connectivity index (χ4n) is 2.43. The van der Waals surface area contributed by atoms with Crippen LogP contribution < -0.4 is 4.72 Å². The summed E-state index contributed by atoms with van der Waals surface area (Å²) in [5, 5.41) is 8.92. The van der Waals surface area contributed by atoms with E-state index in [0.717, 1.165) is 16.9 Å². The Hall–Kier alpha value is -2.54. The van der Waals surface area contributed by atoms with Crippen LogP contribution in [0.4, 0.5) is 5.82 Å². The van der Waals surface area contributed by atoms with Gasteiger partial charge in [-0.15, -0.1) is 0 Å². The number of anilines is 1. The number of benzene rings is 1. The number of aromatic nitrogens is 1. The second-order valence-electron chi connectivity index (χ2n) is 8.47. The molecule has 29 heavy (non-hydrogen) atoms. The maximum atomic E-state index is 12.4. The molecule has 6 nitrogen and oxygen atoms in total. The number of hydrogen-bond donors (Lipinski definition) is 2.